The van der Waals surface area contributed by atoms with Crippen molar-refractivity contribution in [1.29, 1.82) is 0 Å². The summed E-state index contributed by atoms with van der Waals surface area (Å²) in [5.41, 5.74) is 2.08. The molecule has 2 atom stereocenters. The third kappa shape index (κ3) is 3.83. The number of carbonyl (C=O) groups is 2. The highest BCUT2D eigenvalue weighted by molar-refractivity contribution is 5.94. The second kappa shape index (κ2) is 8.17. The molecule has 158 valence electrons. The van der Waals surface area contributed by atoms with Crippen LogP contribution in [-0.2, 0) is 11.2 Å². The van der Waals surface area contributed by atoms with E-state index in [-0.39, 0.29) is 29.2 Å². The van der Waals surface area contributed by atoms with Crippen LogP contribution in [0.4, 0.5) is 4.39 Å². The molecule has 0 spiro atoms. The van der Waals surface area contributed by atoms with E-state index in [1.807, 2.05) is 21.9 Å². The van der Waals surface area contributed by atoms with Gasteiger partial charge in [-0.1, -0.05) is 12.1 Å². The molecule has 2 aliphatic heterocycles. The third-order valence-electron chi connectivity index (χ3n) is 6.66. The number of benzene rings is 1. The Bertz CT molecular complexity index is 928. The molecule has 30 heavy (non-hydrogen) atoms. The lowest BCUT2D eigenvalue weighted by molar-refractivity contribution is -0.143. The number of nitrogens with zero attached hydrogens (tertiary/aromatic N) is 3. The lowest BCUT2D eigenvalue weighted by Gasteiger charge is -2.56. The minimum Gasteiger partial charge on any atom is -0.335 e. The van der Waals surface area contributed by atoms with Gasteiger partial charge in [0, 0.05) is 38.3 Å². The number of halogens is 1. The summed E-state index contributed by atoms with van der Waals surface area (Å²) in [7, 11) is 0. The van der Waals surface area contributed by atoms with Gasteiger partial charge in [0.25, 0.3) is 5.91 Å². The van der Waals surface area contributed by atoms with Gasteiger partial charge in [0.1, 0.15) is 5.82 Å². The van der Waals surface area contributed by atoms with Crippen molar-refractivity contribution >= 4 is 11.8 Å². The molecule has 2 amide bonds. The Morgan fingerprint density at radius 3 is 2.57 bits per heavy atom. The zero-order valence-electron chi connectivity index (χ0n) is 17.6. The quantitative estimate of drug-likeness (QED) is 0.775. The second-order valence-corrected chi connectivity index (χ2v) is 8.63. The molecule has 0 N–H and O–H groups in total. The maximum Gasteiger partial charge on any atom is 0.255 e. The lowest BCUT2D eigenvalue weighted by Crippen LogP contribution is -2.67. The first-order chi connectivity index (χ1) is 14.4. The van der Waals surface area contributed by atoms with Crippen LogP contribution in [0.15, 0.2) is 42.6 Å². The Balaban J connectivity index is 1.51. The number of carbonyl (C=O) groups excluding carboxylic acids is 2. The van der Waals surface area contributed by atoms with E-state index in [0.717, 1.165) is 43.5 Å². The van der Waals surface area contributed by atoms with Gasteiger partial charge in [0.15, 0.2) is 0 Å². The Labute approximate surface area is 176 Å². The highest BCUT2D eigenvalue weighted by Crippen LogP contribution is 2.39. The first-order valence-corrected chi connectivity index (χ1v) is 10.7. The molecular formula is C24H28FN3O2. The smallest absolute Gasteiger partial charge is 0.255 e. The van der Waals surface area contributed by atoms with Gasteiger partial charge in [-0.25, -0.2) is 4.39 Å². The highest BCUT2D eigenvalue weighted by Gasteiger charge is 2.49. The van der Waals surface area contributed by atoms with Gasteiger partial charge in [-0.15, -0.1) is 0 Å². The Morgan fingerprint density at radius 2 is 1.90 bits per heavy atom. The van der Waals surface area contributed by atoms with Gasteiger partial charge in [0.05, 0.1) is 17.1 Å². The predicted molar refractivity (Wildman–Crippen MR) is 113 cm³/mol. The predicted octanol–water partition coefficient (Wildman–Crippen LogP) is 3.82. The van der Waals surface area contributed by atoms with Gasteiger partial charge in [0.2, 0.25) is 5.91 Å². The van der Waals surface area contributed by atoms with Crippen LogP contribution in [0.2, 0.25) is 0 Å². The van der Waals surface area contributed by atoms with Crippen LogP contribution in [0.3, 0.4) is 0 Å². The number of likely N-dealkylation sites (tertiary alicyclic amines) is 2. The molecule has 0 bridgehead atoms. The van der Waals surface area contributed by atoms with E-state index in [4.69, 9.17) is 0 Å². The maximum atomic E-state index is 13.3. The van der Waals surface area contributed by atoms with E-state index < -0.39 is 0 Å². The van der Waals surface area contributed by atoms with E-state index in [1.165, 1.54) is 12.1 Å². The van der Waals surface area contributed by atoms with Crippen LogP contribution in [0, 0.1) is 5.82 Å². The summed E-state index contributed by atoms with van der Waals surface area (Å²) in [6.07, 6.45) is 5.88. The number of hydrogen-bond acceptors (Lipinski definition) is 3. The molecule has 1 aromatic carbocycles. The molecule has 2 saturated heterocycles. The largest absolute Gasteiger partial charge is 0.335 e. The summed E-state index contributed by atoms with van der Waals surface area (Å²) in [4.78, 5) is 33.9. The van der Waals surface area contributed by atoms with Crippen LogP contribution in [0.5, 0.6) is 0 Å². The Kier molecular flexibility index (Phi) is 5.58. The molecule has 2 aromatic rings. The molecule has 6 heteroatoms. The van der Waals surface area contributed by atoms with Crippen LogP contribution in [0.25, 0.3) is 0 Å². The monoisotopic (exact) mass is 409 g/mol. The van der Waals surface area contributed by atoms with Crippen molar-refractivity contribution < 1.29 is 14.0 Å². The lowest BCUT2D eigenvalue weighted by atomic mass is 9.76. The first-order valence-electron chi connectivity index (χ1n) is 10.7. The molecule has 0 radical (unpaired) electrons. The molecular weight excluding hydrogens is 381 g/mol. The fraction of sp³-hybridized carbons (Fsp3) is 0.458. The number of rotatable bonds is 3. The topological polar surface area (TPSA) is 53.5 Å². The van der Waals surface area contributed by atoms with Gasteiger partial charge >= 0.3 is 0 Å². The van der Waals surface area contributed by atoms with Crippen molar-refractivity contribution in [3.05, 3.63) is 65.2 Å². The number of piperidine rings is 2. The summed E-state index contributed by atoms with van der Waals surface area (Å²) < 4.78 is 13.1. The summed E-state index contributed by atoms with van der Waals surface area (Å²) in [6, 6.07) is 10.1. The Morgan fingerprint density at radius 1 is 1.13 bits per heavy atom. The molecule has 1 aromatic heterocycles. The van der Waals surface area contributed by atoms with Crippen molar-refractivity contribution in [3.8, 4) is 0 Å². The third-order valence-corrected chi connectivity index (χ3v) is 6.66. The number of aromatic nitrogens is 1. The average molecular weight is 410 g/mol. The normalized spacial score (nSPS) is 23.8. The van der Waals surface area contributed by atoms with Crippen LogP contribution >= 0.6 is 0 Å². The molecule has 2 aliphatic rings. The number of amides is 2. The number of fused-ring (bicyclic) bond motifs is 1. The van der Waals surface area contributed by atoms with E-state index in [9.17, 15) is 14.0 Å². The zero-order valence-corrected chi connectivity index (χ0v) is 17.6. The minimum atomic E-state index is -0.298. The second-order valence-electron chi connectivity index (χ2n) is 8.63. The van der Waals surface area contributed by atoms with E-state index in [0.29, 0.717) is 18.5 Å². The van der Waals surface area contributed by atoms with Crippen molar-refractivity contribution in [2.24, 2.45) is 0 Å². The summed E-state index contributed by atoms with van der Waals surface area (Å²) in [5.74, 6) is -0.187. The zero-order chi connectivity index (χ0) is 21.3. The van der Waals surface area contributed by atoms with Crippen molar-refractivity contribution in [3.63, 3.8) is 0 Å². The van der Waals surface area contributed by atoms with Gasteiger partial charge in [-0.05, 0) is 62.4 Å². The molecule has 4 rings (SSSR count). The maximum absolute atomic E-state index is 13.3. The van der Waals surface area contributed by atoms with Crippen molar-refractivity contribution in [1.82, 2.24) is 14.8 Å². The van der Waals surface area contributed by atoms with Gasteiger partial charge in [-0.2, -0.15) is 0 Å². The number of hydrogen-bond donors (Lipinski definition) is 0. The van der Waals surface area contributed by atoms with Gasteiger partial charge < -0.3 is 9.80 Å². The van der Waals surface area contributed by atoms with E-state index in [2.05, 4.69) is 11.9 Å². The SMILES string of the molecule is CC(=O)N1CCC[C@H]2N(C(=O)c3ccc(Cc4ccc(F)cc4)nc3)CCC[C@@]21C. The van der Waals surface area contributed by atoms with Crippen molar-refractivity contribution in [2.75, 3.05) is 13.1 Å². The molecule has 2 fully saturated rings. The molecule has 5 nitrogen and oxygen atoms in total. The summed E-state index contributed by atoms with van der Waals surface area (Å²) >= 11 is 0. The Hall–Kier alpha value is -2.76. The van der Waals surface area contributed by atoms with Crippen LogP contribution in [-0.4, -0.2) is 51.3 Å². The molecule has 0 saturated carbocycles. The fourth-order valence-corrected chi connectivity index (χ4v) is 5.14. The van der Waals surface area contributed by atoms with Crippen LogP contribution < -0.4 is 0 Å². The summed E-state index contributed by atoms with van der Waals surface area (Å²) in [6.45, 7) is 5.23. The minimum absolute atomic E-state index is 0.0165. The van der Waals surface area contributed by atoms with Crippen molar-refractivity contribution in [2.45, 2.75) is 57.5 Å². The molecule has 0 aliphatic carbocycles. The first kappa shape index (κ1) is 20.5. The van der Waals surface area contributed by atoms with Crippen LogP contribution in [0.1, 0.15) is 61.1 Å². The molecule has 3 heterocycles. The standard InChI is InChI=1S/C24H28FN3O2/c1-17(29)28-14-3-5-22-24(28,2)12-4-13-27(22)23(30)19-8-11-21(26-16-19)15-18-6-9-20(25)10-7-18/h6-11,16,22H,3-5,12-15H2,1-2H3/t22-,24+/m1/s1. The van der Waals surface area contributed by atoms with E-state index in [1.54, 1.807) is 25.3 Å². The van der Waals surface area contributed by atoms with E-state index >= 15 is 0 Å². The fourth-order valence-electron chi connectivity index (χ4n) is 5.14. The summed E-state index contributed by atoms with van der Waals surface area (Å²) in [5, 5.41) is 0. The average Bonchev–Trinajstić information content (AvgIpc) is 2.74. The highest BCUT2D eigenvalue weighted by atomic mass is 19.1. The number of pyridine rings is 1. The van der Waals surface area contributed by atoms with Gasteiger partial charge in [-0.3, -0.25) is 14.6 Å². The molecule has 0 unspecified atom stereocenters.